The van der Waals surface area contributed by atoms with Gasteiger partial charge in [0, 0.05) is 31.1 Å². The number of rotatable bonds is 3. The zero-order valence-electron chi connectivity index (χ0n) is 14.0. The van der Waals surface area contributed by atoms with Gasteiger partial charge in [0.15, 0.2) is 0 Å². The van der Waals surface area contributed by atoms with E-state index in [1.165, 1.54) is 12.5 Å². The summed E-state index contributed by atoms with van der Waals surface area (Å²) < 4.78 is 13.7. The van der Waals surface area contributed by atoms with Crippen LogP contribution in [0.3, 0.4) is 0 Å². The van der Waals surface area contributed by atoms with Gasteiger partial charge in [0.2, 0.25) is 5.91 Å². The Bertz CT molecular complexity index is 540. The number of carbonyl (C=O) groups is 1. The van der Waals surface area contributed by atoms with Crippen molar-refractivity contribution in [3.8, 4) is 0 Å². The zero-order valence-corrected chi connectivity index (χ0v) is 14.0. The molecule has 2 aliphatic rings. The van der Waals surface area contributed by atoms with Gasteiger partial charge in [-0.15, -0.1) is 0 Å². The highest BCUT2D eigenvalue weighted by atomic mass is 19.1. The lowest BCUT2D eigenvalue weighted by molar-refractivity contribution is -0.138. The van der Waals surface area contributed by atoms with Crippen LogP contribution in [-0.2, 0) is 11.3 Å². The molecule has 2 aliphatic heterocycles. The second kappa shape index (κ2) is 7.43. The molecule has 1 atom stereocenters. The van der Waals surface area contributed by atoms with Crippen molar-refractivity contribution in [2.75, 3.05) is 26.2 Å². The maximum absolute atomic E-state index is 13.7. The number of hydrogen-bond acceptors (Lipinski definition) is 2. The molecule has 2 fully saturated rings. The number of amides is 1. The molecule has 4 heteroatoms. The van der Waals surface area contributed by atoms with Crippen molar-refractivity contribution < 1.29 is 9.18 Å². The van der Waals surface area contributed by atoms with Gasteiger partial charge in [0.25, 0.3) is 0 Å². The summed E-state index contributed by atoms with van der Waals surface area (Å²) in [7, 11) is 0. The molecular formula is C19H27FN2O. The first-order valence-corrected chi connectivity index (χ1v) is 8.88. The molecule has 1 amide bonds. The van der Waals surface area contributed by atoms with Crippen LogP contribution in [-0.4, -0.2) is 41.9 Å². The van der Waals surface area contributed by atoms with Gasteiger partial charge in [-0.2, -0.15) is 0 Å². The number of benzene rings is 1. The van der Waals surface area contributed by atoms with Gasteiger partial charge in [-0.25, -0.2) is 4.39 Å². The summed E-state index contributed by atoms with van der Waals surface area (Å²) in [5.41, 5.74) is 0.752. The molecule has 0 saturated carbocycles. The van der Waals surface area contributed by atoms with Crippen molar-refractivity contribution >= 4 is 5.91 Å². The van der Waals surface area contributed by atoms with Gasteiger partial charge in [0.1, 0.15) is 5.82 Å². The van der Waals surface area contributed by atoms with Crippen LogP contribution in [0.2, 0.25) is 0 Å². The second-order valence-electron chi connectivity index (χ2n) is 7.17. The topological polar surface area (TPSA) is 23.6 Å². The molecule has 2 heterocycles. The van der Waals surface area contributed by atoms with Crippen LogP contribution in [0, 0.1) is 17.7 Å². The van der Waals surface area contributed by atoms with Gasteiger partial charge in [-0.05, 0) is 50.8 Å². The fourth-order valence-corrected chi connectivity index (χ4v) is 3.85. The van der Waals surface area contributed by atoms with Crippen molar-refractivity contribution in [3.63, 3.8) is 0 Å². The van der Waals surface area contributed by atoms with Crippen LogP contribution < -0.4 is 0 Å². The molecule has 0 spiro atoms. The molecule has 2 saturated heterocycles. The third-order valence-corrected chi connectivity index (χ3v) is 5.26. The second-order valence-corrected chi connectivity index (χ2v) is 7.17. The van der Waals surface area contributed by atoms with Crippen molar-refractivity contribution in [1.82, 2.24) is 9.80 Å². The molecule has 0 aliphatic carbocycles. The molecule has 3 nitrogen and oxygen atoms in total. The molecular weight excluding hydrogens is 291 g/mol. The summed E-state index contributed by atoms with van der Waals surface area (Å²) in [6, 6.07) is 6.97. The van der Waals surface area contributed by atoms with E-state index in [0.717, 1.165) is 51.0 Å². The summed E-state index contributed by atoms with van der Waals surface area (Å²) in [6.45, 7) is 6.50. The summed E-state index contributed by atoms with van der Waals surface area (Å²) in [5.74, 6) is 1.01. The van der Waals surface area contributed by atoms with Crippen LogP contribution in [0.25, 0.3) is 0 Å². The van der Waals surface area contributed by atoms with Gasteiger partial charge in [0.05, 0.1) is 0 Å². The molecule has 0 bridgehead atoms. The number of piperidine rings is 2. The van der Waals surface area contributed by atoms with Crippen LogP contribution in [0.5, 0.6) is 0 Å². The molecule has 0 unspecified atom stereocenters. The Kier molecular flexibility index (Phi) is 5.31. The average Bonchev–Trinajstić information content (AvgIpc) is 2.57. The summed E-state index contributed by atoms with van der Waals surface area (Å²) in [4.78, 5) is 17.0. The van der Waals surface area contributed by atoms with E-state index < -0.39 is 0 Å². The first-order valence-electron chi connectivity index (χ1n) is 8.88. The maximum atomic E-state index is 13.7. The average molecular weight is 318 g/mol. The first-order chi connectivity index (χ1) is 11.1. The van der Waals surface area contributed by atoms with E-state index in [4.69, 9.17) is 0 Å². The van der Waals surface area contributed by atoms with E-state index in [9.17, 15) is 9.18 Å². The number of halogens is 1. The Morgan fingerprint density at radius 2 is 1.91 bits per heavy atom. The molecule has 1 aromatic rings. The quantitative estimate of drug-likeness (QED) is 0.854. The van der Waals surface area contributed by atoms with E-state index in [2.05, 4.69) is 16.7 Å². The molecule has 23 heavy (non-hydrogen) atoms. The van der Waals surface area contributed by atoms with Gasteiger partial charge >= 0.3 is 0 Å². The maximum Gasteiger partial charge on any atom is 0.225 e. The third kappa shape index (κ3) is 4.11. The van der Waals surface area contributed by atoms with Gasteiger partial charge in [-0.1, -0.05) is 25.1 Å². The molecule has 0 radical (unpaired) electrons. The first kappa shape index (κ1) is 16.4. The molecule has 1 aromatic carbocycles. The zero-order chi connectivity index (χ0) is 16.2. The van der Waals surface area contributed by atoms with E-state index in [1.807, 2.05) is 12.1 Å². The highest BCUT2D eigenvalue weighted by Gasteiger charge is 2.30. The van der Waals surface area contributed by atoms with Crippen molar-refractivity contribution in [3.05, 3.63) is 35.6 Å². The summed E-state index contributed by atoms with van der Waals surface area (Å²) in [5, 5.41) is 0. The normalized spacial score (nSPS) is 23.9. The Hall–Kier alpha value is -1.42. The van der Waals surface area contributed by atoms with Crippen molar-refractivity contribution in [1.29, 1.82) is 0 Å². The third-order valence-electron chi connectivity index (χ3n) is 5.26. The number of nitrogens with zero attached hydrogens (tertiary/aromatic N) is 2. The lowest BCUT2D eigenvalue weighted by atomic mass is 9.92. The predicted molar refractivity (Wildman–Crippen MR) is 89.4 cm³/mol. The molecule has 126 valence electrons. The van der Waals surface area contributed by atoms with E-state index in [0.29, 0.717) is 18.4 Å². The van der Waals surface area contributed by atoms with E-state index >= 15 is 0 Å². The Balaban J connectivity index is 1.50. The minimum Gasteiger partial charge on any atom is -0.342 e. The minimum absolute atomic E-state index is 0.131. The number of likely N-dealkylation sites (tertiary alicyclic amines) is 2. The monoisotopic (exact) mass is 318 g/mol. The minimum atomic E-state index is -0.131. The van der Waals surface area contributed by atoms with Crippen molar-refractivity contribution in [2.45, 2.75) is 39.2 Å². The molecule has 0 N–H and O–H groups in total. The lowest BCUT2D eigenvalue weighted by Crippen LogP contribution is -2.45. The fourth-order valence-electron chi connectivity index (χ4n) is 3.85. The smallest absolute Gasteiger partial charge is 0.225 e. The SMILES string of the molecule is C[C@@H]1CCCN(C(=O)C2CCN(Cc3ccccc3F)CC2)C1. The molecule has 3 rings (SSSR count). The summed E-state index contributed by atoms with van der Waals surface area (Å²) >= 11 is 0. The van der Waals surface area contributed by atoms with Crippen LogP contribution in [0.1, 0.15) is 38.2 Å². The van der Waals surface area contributed by atoms with Gasteiger partial charge < -0.3 is 4.90 Å². The van der Waals surface area contributed by atoms with E-state index in [-0.39, 0.29) is 11.7 Å². The van der Waals surface area contributed by atoms with Crippen molar-refractivity contribution in [2.24, 2.45) is 11.8 Å². The van der Waals surface area contributed by atoms with Crippen LogP contribution in [0.4, 0.5) is 4.39 Å². The number of hydrogen-bond donors (Lipinski definition) is 0. The Morgan fingerprint density at radius 1 is 1.17 bits per heavy atom. The Labute approximate surface area is 138 Å². The fraction of sp³-hybridized carbons (Fsp3) is 0.632. The summed E-state index contributed by atoms with van der Waals surface area (Å²) in [6.07, 6.45) is 4.18. The highest BCUT2D eigenvalue weighted by Crippen LogP contribution is 2.24. The highest BCUT2D eigenvalue weighted by molar-refractivity contribution is 5.79. The standard InChI is InChI=1S/C19H27FN2O/c1-15-5-4-10-22(13-15)19(23)16-8-11-21(12-9-16)14-17-6-2-3-7-18(17)20/h2-3,6-7,15-16H,4-5,8-14H2,1H3/t15-/m1/s1. The van der Waals surface area contributed by atoms with Crippen LogP contribution >= 0.6 is 0 Å². The predicted octanol–water partition coefficient (Wildman–Crippen LogP) is 3.30. The molecule has 0 aromatic heterocycles. The van der Waals surface area contributed by atoms with E-state index in [1.54, 1.807) is 6.07 Å². The number of carbonyl (C=O) groups excluding carboxylic acids is 1. The van der Waals surface area contributed by atoms with Crippen LogP contribution in [0.15, 0.2) is 24.3 Å². The lowest BCUT2D eigenvalue weighted by Gasteiger charge is -2.37. The van der Waals surface area contributed by atoms with Gasteiger partial charge in [-0.3, -0.25) is 9.69 Å². The Morgan fingerprint density at radius 3 is 2.61 bits per heavy atom. The largest absolute Gasteiger partial charge is 0.342 e.